The lowest BCUT2D eigenvalue weighted by Crippen LogP contribution is -2.36. The van der Waals surface area contributed by atoms with Crippen LogP contribution < -0.4 is 11.2 Å². The number of alkyl halides is 3. The largest absolute Gasteiger partial charge is 0.493 e. The van der Waals surface area contributed by atoms with Gasteiger partial charge in [0.1, 0.15) is 0 Å². The highest BCUT2D eigenvalue weighted by molar-refractivity contribution is 5.45. The zero-order valence-electron chi connectivity index (χ0n) is 12.0. The van der Waals surface area contributed by atoms with Gasteiger partial charge in [-0.3, -0.25) is 13.9 Å². The summed E-state index contributed by atoms with van der Waals surface area (Å²) in [4.78, 5) is 23.4. The Kier molecular flexibility index (Phi) is 4.08. The first-order chi connectivity index (χ1) is 10.6. The van der Waals surface area contributed by atoms with Gasteiger partial charge in [-0.2, -0.15) is 18.3 Å². The number of aromatic hydroxyl groups is 1. The Morgan fingerprint density at radius 2 is 1.57 bits per heavy atom. The molecule has 1 aromatic carbocycles. The van der Waals surface area contributed by atoms with Gasteiger partial charge in [0.05, 0.1) is 11.3 Å². The fourth-order valence-electron chi connectivity index (χ4n) is 1.73. The Balaban J connectivity index is 2.42. The summed E-state index contributed by atoms with van der Waals surface area (Å²) < 4.78 is 38.8. The highest BCUT2D eigenvalue weighted by atomic mass is 19.4. The number of hydrogen-bond donors (Lipinski definition) is 1. The standard InChI is InChI=1S/C13H11F3N4O3/c1-19-10(21)9(11(22)20(2)12(19)23)18-17-8-5-3-7(4-6-8)13(14,15)16/h3-6,21H,1-2H3. The Morgan fingerprint density at radius 3 is 2.09 bits per heavy atom. The van der Waals surface area contributed by atoms with Crippen LogP contribution in [-0.4, -0.2) is 14.2 Å². The predicted octanol–water partition coefficient (Wildman–Crippen LogP) is 2.22. The first-order valence-electron chi connectivity index (χ1n) is 6.21. The first-order valence-corrected chi connectivity index (χ1v) is 6.21. The van der Waals surface area contributed by atoms with E-state index in [-0.39, 0.29) is 5.69 Å². The summed E-state index contributed by atoms with van der Waals surface area (Å²) in [5.41, 5.74) is -2.91. The summed E-state index contributed by atoms with van der Waals surface area (Å²) in [7, 11) is 2.43. The van der Waals surface area contributed by atoms with Gasteiger partial charge >= 0.3 is 11.9 Å². The van der Waals surface area contributed by atoms with Crippen LogP contribution in [0.5, 0.6) is 5.88 Å². The maximum Gasteiger partial charge on any atom is 0.416 e. The van der Waals surface area contributed by atoms with Gasteiger partial charge in [-0.1, -0.05) is 0 Å². The topological polar surface area (TPSA) is 88.9 Å². The van der Waals surface area contributed by atoms with Crippen molar-refractivity contribution in [3.63, 3.8) is 0 Å². The molecule has 23 heavy (non-hydrogen) atoms. The van der Waals surface area contributed by atoms with Crippen LogP contribution in [0.4, 0.5) is 24.5 Å². The van der Waals surface area contributed by atoms with Gasteiger partial charge in [0.25, 0.3) is 5.56 Å². The van der Waals surface area contributed by atoms with E-state index in [1.165, 1.54) is 14.1 Å². The number of aromatic nitrogens is 2. The van der Waals surface area contributed by atoms with Crippen molar-refractivity contribution in [2.24, 2.45) is 24.3 Å². The van der Waals surface area contributed by atoms with Gasteiger partial charge in [-0.25, -0.2) is 4.79 Å². The number of hydrogen-bond acceptors (Lipinski definition) is 5. The van der Waals surface area contributed by atoms with Gasteiger partial charge in [0, 0.05) is 14.1 Å². The summed E-state index contributed by atoms with van der Waals surface area (Å²) in [6.45, 7) is 0. The van der Waals surface area contributed by atoms with Crippen molar-refractivity contribution in [3.8, 4) is 5.88 Å². The average molecular weight is 328 g/mol. The minimum absolute atomic E-state index is 0.0494. The van der Waals surface area contributed by atoms with Gasteiger partial charge in [-0.05, 0) is 24.3 Å². The predicted molar refractivity (Wildman–Crippen MR) is 74.2 cm³/mol. The van der Waals surface area contributed by atoms with Gasteiger partial charge in [0.2, 0.25) is 11.6 Å². The summed E-state index contributed by atoms with van der Waals surface area (Å²) >= 11 is 0. The van der Waals surface area contributed by atoms with Crippen molar-refractivity contribution < 1.29 is 18.3 Å². The molecule has 2 rings (SSSR count). The smallest absolute Gasteiger partial charge is 0.416 e. The van der Waals surface area contributed by atoms with E-state index in [9.17, 15) is 27.9 Å². The Morgan fingerprint density at radius 1 is 1.00 bits per heavy atom. The number of halogens is 3. The molecule has 0 saturated heterocycles. The normalized spacial score (nSPS) is 12.0. The molecule has 0 amide bonds. The number of benzene rings is 1. The molecule has 0 bridgehead atoms. The van der Waals surface area contributed by atoms with Crippen LogP contribution in [0.25, 0.3) is 0 Å². The quantitative estimate of drug-likeness (QED) is 0.857. The highest BCUT2D eigenvalue weighted by Crippen LogP contribution is 2.30. The molecule has 0 aliphatic rings. The van der Waals surface area contributed by atoms with E-state index in [4.69, 9.17) is 0 Å². The SMILES string of the molecule is Cn1c(O)c(N=Nc2ccc(C(F)(F)F)cc2)c(=O)n(C)c1=O. The molecule has 0 aliphatic heterocycles. The fourth-order valence-corrected chi connectivity index (χ4v) is 1.73. The lowest BCUT2D eigenvalue weighted by molar-refractivity contribution is -0.137. The van der Waals surface area contributed by atoms with E-state index in [0.717, 1.165) is 33.4 Å². The lowest BCUT2D eigenvalue weighted by Gasteiger charge is -2.06. The third kappa shape index (κ3) is 3.15. The third-order valence-electron chi connectivity index (χ3n) is 3.07. The molecule has 0 unspecified atom stereocenters. The summed E-state index contributed by atoms with van der Waals surface area (Å²) in [6.07, 6.45) is -4.47. The molecule has 7 nitrogen and oxygen atoms in total. The van der Waals surface area contributed by atoms with Crippen molar-refractivity contribution >= 4 is 11.4 Å². The van der Waals surface area contributed by atoms with Crippen LogP contribution in [0, 0.1) is 0 Å². The molecular formula is C13H11F3N4O3. The molecule has 0 atom stereocenters. The van der Waals surface area contributed by atoms with Crippen LogP contribution >= 0.6 is 0 Å². The maximum absolute atomic E-state index is 12.4. The molecule has 0 radical (unpaired) electrons. The molecule has 0 aliphatic carbocycles. The van der Waals surface area contributed by atoms with Crippen molar-refractivity contribution in [2.75, 3.05) is 0 Å². The van der Waals surface area contributed by atoms with Crippen molar-refractivity contribution in [2.45, 2.75) is 6.18 Å². The molecule has 0 fully saturated rings. The minimum atomic E-state index is -4.47. The maximum atomic E-state index is 12.4. The molecule has 122 valence electrons. The van der Waals surface area contributed by atoms with E-state index in [2.05, 4.69) is 10.2 Å². The number of azo groups is 1. The fraction of sp³-hybridized carbons (Fsp3) is 0.231. The molecule has 10 heteroatoms. The van der Waals surface area contributed by atoms with E-state index in [0.29, 0.717) is 0 Å². The van der Waals surface area contributed by atoms with Crippen molar-refractivity contribution in [3.05, 3.63) is 50.7 Å². The van der Waals surface area contributed by atoms with E-state index in [1.807, 2.05) is 0 Å². The van der Waals surface area contributed by atoms with Crippen LogP contribution in [0.2, 0.25) is 0 Å². The monoisotopic (exact) mass is 328 g/mol. The molecule has 2 aromatic rings. The second-order valence-electron chi connectivity index (χ2n) is 4.62. The molecule has 1 heterocycles. The zero-order chi connectivity index (χ0) is 17.4. The first kappa shape index (κ1) is 16.5. The van der Waals surface area contributed by atoms with Crippen LogP contribution in [-0.2, 0) is 20.3 Å². The summed E-state index contributed by atoms with van der Waals surface area (Å²) in [5, 5.41) is 16.9. The molecule has 0 spiro atoms. The second kappa shape index (κ2) is 5.71. The second-order valence-corrected chi connectivity index (χ2v) is 4.62. The van der Waals surface area contributed by atoms with Crippen LogP contribution in [0.15, 0.2) is 44.1 Å². The van der Waals surface area contributed by atoms with Crippen molar-refractivity contribution in [1.29, 1.82) is 0 Å². The lowest BCUT2D eigenvalue weighted by atomic mass is 10.2. The Bertz CT molecular complexity index is 880. The van der Waals surface area contributed by atoms with Crippen LogP contribution in [0.3, 0.4) is 0 Å². The van der Waals surface area contributed by atoms with E-state index >= 15 is 0 Å². The summed E-state index contributed by atoms with van der Waals surface area (Å²) in [6, 6.07) is 3.76. The number of rotatable bonds is 2. The van der Waals surface area contributed by atoms with Gasteiger partial charge in [-0.15, -0.1) is 5.11 Å². The van der Waals surface area contributed by atoms with E-state index < -0.39 is 34.6 Å². The minimum Gasteiger partial charge on any atom is -0.493 e. The van der Waals surface area contributed by atoms with E-state index in [1.54, 1.807) is 0 Å². The van der Waals surface area contributed by atoms with Crippen LogP contribution in [0.1, 0.15) is 5.56 Å². The Labute approximate surface area is 127 Å². The zero-order valence-corrected chi connectivity index (χ0v) is 12.0. The molecule has 1 aromatic heterocycles. The third-order valence-corrected chi connectivity index (χ3v) is 3.07. The van der Waals surface area contributed by atoms with Gasteiger partial charge < -0.3 is 5.11 Å². The highest BCUT2D eigenvalue weighted by Gasteiger charge is 2.29. The summed E-state index contributed by atoms with van der Waals surface area (Å²) in [5.74, 6) is -0.686. The molecular weight excluding hydrogens is 317 g/mol. The molecule has 0 saturated carbocycles. The number of nitrogens with zero attached hydrogens (tertiary/aromatic N) is 4. The average Bonchev–Trinajstić information content (AvgIpc) is 2.50. The Hall–Kier alpha value is -2.91. The van der Waals surface area contributed by atoms with Gasteiger partial charge in [0.15, 0.2) is 0 Å². The molecule has 1 N–H and O–H groups in total. The van der Waals surface area contributed by atoms with Crippen molar-refractivity contribution in [1.82, 2.24) is 9.13 Å².